The minimum Gasteiger partial charge on any atom is -0.476 e. The summed E-state index contributed by atoms with van der Waals surface area (Å²) in [5.74, 6) is -1.31. The van der Waals surface area contributed by atoms with E-state index in [1.54, 1.807) is 42.5 Å². The van der Waals surface area contributed by atoms with Crippen molar-refractivity contribution in [1.29, 1.82) is 0 Å². The first kappa shape index (κ1) is 14.3. The minimum absolute atomic E-state index is 0.159. The van der Waals surface area contributed by atoms with Gasteiger partial charge in [-0.3, -0.25) is 4.57 Å². The predicted octanol–water partition coefficient (Wildman–Crippen LogP) is 4.03. The molecular formula is C16H10ClFN2O2. The quantitative estimate of drug-likeness (QED) is 0.793. The Balaban J connectivity index is 2.23. The maximum Gasteiger partial charge on any atom is 0.356 e. The van der Waals surface area contributed by atoms with Crippen molar-refractivity contribution in [2.24, 2.45) is 0 Å². The maximum atomic E-state index is 14.0. The average molecular weight is 317 g/mol. The fourth-order valence-electron chi connectivity index (χ4n) is 2.12. The summed E-state index contributed by atoms with van der Waals surface area (Å²) in [4.78, 5) is 15.3. The number of para-hydroxylation sites is 1. The van der Waals surface area contributed by atoms with Gasteiger partial charge in [-0.05, 0) is 36.4 Å². The van der Waals surface area contributed by atoms with Crippen molar-refractivity contribution in [3.8, 4) is 17.1 Å². The fraction of sp³-hybridized carbons (Fsp3) is 0. The highest BCUT2D eigenvalue weighted by molar-refractivity contribution is 6.30. The zero-order valence-electron chi connectivity index (χ0n) is 11.2. The number of aromatic carboxylic acids is 1. The number of carboxylic acid groups (broad SMARTS) is 1. The van der Waals surface area contributed by atoms with Crippen LogP contribution >= 0.6 is 11.6 Å². The molecule has 0 radical (unpaired) electrons. The number of imidazole rings is 1. The van der Waals surface area contributed by atoms with Gasteiger partial charge in [-0.15, -0.1) is 0 Å². The van der Waals surface area contributed by atoms with Crippen LogP contribution in [0.2, 0.25) is 5.02 Å². The number of hydrogen-bond acceptors (Lipinski definition) is 2. The van der Waals surface area contributed by atoms with E-state index in [1.807, 2.05) is 0 Å². The molecule has 6 heteroatoms. The number of hydrogen-bond donors (Lipinski definition) is 1. The second-order valence-corrected chi connectivity index (χ2v) is 5.02. The zero-order chi connectivity index (χ0) is 15.7. The van der Waals surface area contributed by atoms with Crippen LogP contribution in [0.1, 0.15) is 10.5 Å². The van der Waals surface area contributed by atoms with Gasteiger partial charge in [0.1, 0.15) is 11.6 Å². The van der Waals surface area contributed by atoms with E-state index in [0.717, 1.165) is 0 Å². The topological polar surface area (TPSA) is 55.1 Å². The van der Waals surface area contributed by atoms with Crippen LogP contribution < -0.4 is 0 Å². The van der Waals surface area contributed by atoms with E-state index >= 15 is 0 Å². The lowest BCUT2D eigenvalue weighted by Gasteiger charge is -2.08. The van der Waals surface area contributed by atoms with Crippen LogP contribution in [0.25, 0.3) is 17.1 Å². The van der Waals surface area contributed by atoms with E-state index in [0.29, 0.717) is 16.4 Å². The van der Waals surface area contributed by atoms with Crippen molar-refractivity contribution in [2.75, 3.05) is 0 Å². The van der Waals surface area contributed by atoms with Crippen molar-refractivity contribution >= 4 is 17.6 Å². The predicted molar refractivity (Wildman–Crippen MR) is 80.9 cm³/mol. The molecule has 0 aliphatic carbocycles. The van der Waals surface area contributed by atoms with E-state index < -0.39 is 11.8 Å². The lowest BCUT2D eigenvalue weighted by Crippen LogP contribution is -1.99. The number of carboxylic acids is 1. The van der Waals surface area contributed by atoms with Gasteiger partial charge in [0.2, 0.25) is 0 Å². The molecule has 0 bridgehead atoms. The summed E-state index contributed by atoms with van der Waals surface area (Å²) in [5, 5.41) is 9.69. The van der Waals surface area contributed by atoms with E-state index in [-0.39, 0.29) is 11.4 Å². The highest BCUT2D eigenvalue weighted by Gasteiger charge is 2.17. The summed E-state index contributed by atoms with van der Waals surface area (Å²) in [6.45, 7) is 0. The third kappa shape index (κ3) is 2.58. The van der Waals surface area contributed by atoms with Crippen LogP contribution in [0.5, 0.6) is 0 Å². The molecule has 1 aromatic heterocycles. The Labute approximate surface area is 130 Å². The standard InChI is InChI=1S/C16H10ClFN2O2/c17-11-7-5-10(6-8-11)15-19-13(16(21)22)9-20(15)14-4-2-1-3-12(14)18/h1-9H,(H,21,22). The number of rotatable bonds is 3. The third-order valence-corrected chi connectivity index (χ3v) is 3.39. The molecule has 0 aliphatic heterocycles. The van der Waals surface area contributed by atoms with Crippen molar-refractivity contribution in [3.05, 3.63) is 71.3 Å². The third-order valence-electron chi connectivity index (χ3n) is 3.14. The Bertz CT molecular complexity index is 844. The molecule has 0 saturated heterocycles. The molecule has 2 aromatic carbocycles. The van der Waals surface area contributed by atoms with Gasteiger partial charge in [-0.1, -0.05) is 23.7 Å². The molecule has 4 nitrogen and oxygen atoms in total. The Morgan fingerprint density at radius 2 is 1.82 bits per heavy atom. The SMILES string of the molecule is O=C(O)c1cn(-c2ccccc2F)c(-c2ccc(Cl)cc2)n1. The summed E-state index contributed by atoms with van der Waals surface area (Å²) < 4.78 is 15.4. The Hall–Kier alpha value is -2.66. The van der Waals surface area contributed by atoms with Gasteiger partial charge in [0.15, 0.2) is 5.69 Å². The molecule has 0 atom stereocenters. The van der Waals surface area contributed by atoms with Crippen molar-refractivity contribution in [2.45, 2.75) is 0 Å². The molecule has 1 heterocycles. The number of carbonyl (C=O) groups is 1. The van der Waals surface area contributed by atoms with E-state index in [4.69, 9.17) is 16.7 Å². The summed E-state index contributed by atoms with van der Waals surface area (Å²) in [6.07, 6.45) is 1.30. The average Bonchev–Trinajstić information content (AvgIpc) is 2.94. The molecule has 0 saturated carbocycles. The van der Waals surface area contributed by atoms with Crippen molar-refractivity contribution in [3.63, 3.8) is 0 Å². The lowest BCUT2D eigenvalue weighted by molar-refractivity contribution is 0.0691. The Kier molecular flexibility index (Phi) is 3.65. The molecule has 0 spiro atoms. The molecule has 0 amide bonds. The van der Waals surface area contributed by atoms with Crippen LogP contribution in [-0.2, 0) is 0 Å². The molecule has 22 heavy (non-hydrogen) atoms. The number of halogens is 2. The maximum absolute atomic E-state index is 14.0. The van der Waals surface area contributed by atoms with Gasteiger partial charge in [-0.25, -0.2) is 14.2 Å². The normalized spacial score (nSPS) is 10.6. The molecule has 0 aliphatic rings. The molecule has 3 aromatic rings. The van der Waals surface area contributed by atoms with E-state index in [9.17, 15) is 9.18 Å². The smallest absolute Gasteiger partial charge is 0.356 e. The summed E-state index contributed by atoms with van der Waals surface area (Å²) >= 11 is 5.86. The highest BCUT2D eigenvalue weighted by Crippen LogP contribution is 2.25. The lowest BCUT2D eigenvalue weighted by atomic mass is 10.2. The highest BCUT2D eigenvalue weighted by atomic mass is 35.5. The van der Waals surface area contributed by atoms with Crippen molar-refractivity contribution < 1.29 is 14.3 Å². The van der Waals surface area contributed by atoms with Gasteiger partial charge < -0.3 is 5.11 Å². The van der Waals surface area contributed by atoms with Gasteiger partial charge in [0.25, 0.3) is 0 Å². The second-order valence-electron chi connectivity index (χ2n) is 4.58. The molecule has 3 rings (SSSR count). The van der Waals surface area contributed by atoms with Gasteiger partial charge >= 0.3 is 5.97 Å². The van der Waals surface area contributed by atoms with Crippen LogP contribution in [0, 0.1) is 5.82 Å². The first-order chi connectivity index (χ1) is 10.6. The van der Waals surface area contributed by atoms with Crippen molar-refractivity contribution in [1.82, 2.24) is 9.55 Å². The van der Waals surface area contributed by atoms with Crippen LogP contribution in [-0.4, -0.2) is 20.6 Å². The number of benzene rings is 2. The van der Waals surface area contributed by atoms with Gasteiger partial charge in [0.05, 0.1) is 5.69 Å². The first-order valence-corrected chi connectivity index (χ1v) is 6.77. The summed E-state index contributed by atoms with van der Waals surface area (Å²) in [6, 6.07) is 12.8. The molecule has 110 valence electrons. The van der Waals surface area contributed by atoms with Gasteiger partial charge in [-0.2, -0.15) is 0 Å². The van der Waals surface area contributed by atoms with E-state index in [1.165, 1.54) is 16.8 Å². The number of aromatic nitrogens is 2. The molecule has 0 fully saturated rings. The molecule has 0 unspecified atom stereocenters. The Morgan fingerprint density at radius 3 is 2.45 bits per heavy atom. The molecular weight excluding hydrogens is 307 g/mol. The summed E-state index contributed by atoms with van der Waals surface area (Å²) in [7, 11) is 0. The van der Waals surface area contributed by atoms with Crippen LogP contribution in [0.3, 0.4) is 0 Å². The Morgan fingerprint density at radius 1 is 1.14 bits per heavy atom. The largest absolute Gasteiger partial charge is 0.476 e. The van der Waals surface area contributed by atoms with Crippen LogP contribution in [0.4, 0.5) is 4.39 Å². The van der Waals surface area contributed by atoms with E-state index in [2.05, 4.69) is 4.98 Å². The summed E-state index contributed by atoms with van der Waals surface area (Å²) in [5.41, 5.74) is 0.709. The fourth-order valence-corrected chi connectivity index (χ4v) is 2.24. The minimum atomic E-state index is -1.18. The van der Waals surface area contributed by atoms with Crippen LogP contribution in [0.15, 0.2) is 54.7 Å². The van der Waals surface area contributed by atoms with Gasteiger partial charge in [0, 0.05) is 16.8 Å². The second kappa shape index (κ2) is 5.61. The monoisotopic (exact) mass is 316 g/mol. The first-order valence-electron chi connectivity index (χ1n) is 6.40. The zero-order valence-corrected chi connectivity index (χ0v) is 12.0. The molecule has 1 N–H and O–H groups in total. The number of nitrogens with zero attached hydrogens (tertiary/aromatic N) is 2.